The molecule has 2 radical (unpaired) electrons. The fourth-order valence-corrected chi connectivity index (χ4v) is 1.52. The van der Waals surface area contributed by atoms with Gasteiger partial charge in [-0.05, 0) is 19.4 Å². The van der Waals surface area contributed by atoms with Crippen molar-refractivity contribution in [3.63, 3.8) is 0 Å². The zero-order valence-electron chi connectivity index (χ0n) is 9.90. The second kappa shape index (κ2) is 7.83. The monoisotopic (exact) mass is 342 g/mol. The summed E-state index contributed by atoms with van der Waals surface area (Å²) in [5.41, 5.74) is 1.31. The molecule has 1 aromatic rings. The van der Waals surface area contributed by atoms with Crippen molar-refractivity contribution in [2.24, 2.45) is 0 Å². The van der Waals surface area contributed by atoms with E-state index < -0.39 is 0 Å². The van der Waals surface area contributed by atoms with E-state index in [2.05, 4.69) is 96.2 Å². The molecule has 0 atom stereocenters. The predicted octanol–water partition coefficient (Wildman–Crippen LogP) is 3.37. The Balaban J connectivity index is 0.000000686. The Bertz CT molecular complexity index is 341. The molecule has 0 saturated carbocycles. The Morgan fingerprint density at radius 3 is 2.35 bits per heavy atom. The third-order valence-corrected chi connectivity index (χ3v) is 2.40. The van der Waals surface area contributed by atoms with Crippen molar-refractivity contribution >= 4 is 9.19 Å². The van der Waals surface area contributed by atoms with E-state index in [1.807, 2.05) is 6.07 Å². The summed E-state index contributed by atoms with van der Waals surface area (Å²) < 4.78 is 0. The van der Waals surface area contributed by atoms with E-state index in [-0.39, 0.29) is 0 Å². The van der Waals surface area contributed by atoms with Crippen LogP contribution in [0.25, 0.3) is 0 Å². The average Bonchev–Trinajstić information content (AvgIpc) is 2.82. The predicted molar refractivity (Wildman–Crippen MR) is 67.2 cm³/mol. The van der Waals surface area contributed by atoms with Crippen molar-refractivity contribution in [2.75, 3.05) is 0 Å². The molecule has 0 aromatic heterocycles. The van der Waals surface area contributed by atoms with Crippen LogP contribution in [0, 0.1) is 6.67 Å². The van der Waals surface area contributed by atoms with Crippen molar-refractivity contribution in [1.29, 1.82) is 0 Å². The van der Waals surface area contributed by atoms with Gasteiger partial charge in [-0.15, -0.1) is 0 Å². The first kappa shape index (κ1) is 14.7. The number of halogens is 1. The fraction of sp³-hybridized carbons (Fsp3) is 0.308. The molecule has 1 heterocycles. The minimum absolute atomic E-state index is 0.474. The van der Waals surface area contributed by atoms with Crippen LogP contribution in [0.3, 0.4) is 0 Å². The van der Waals surface area contributed by atoms with Crippen molar-refractivity contribution in [3.8, 4) is 0 Å². The van der Waals surface area contributed by atoms with Gasteiger partial charge >= 0.3 is 29.2 Å². The van der Waals surface area contributed by atoms with Crippen LogP contribution in [0.1, 0.15) is 19.4 Å². The van der Waals surface area contributed by atoms with Gasteiger partial charge in [-0.3, -0.25) is 0 Å². The molecule has 0 N–H and O–H groups in total. The van der Waals surface area contributed by atoms with Crippen molar-refractivity contribution in [2.45, 2.75) is 26.4 Å². The van der Waals surface area contributed by atoms with E-state index in [1.54, 1.807) is 0 Å². The third kappa shape index (κ3) is 4.76. The SMILES string of the molecule is CC(C)N1[C]N(Cc2ccccc2)C=C1.[Cl][Ag]. The van der Waals surface area contributed by atoms with Gasteiger partial charge in [-0.1, -0.05) is 30.3 Å². The topological polar surface area (TPSA) is 6.48 Å². The summed E-state index contributed by atoms with van der Waals surface area (Å²) in [6, 6.07) is 10.9. The fourth-order valence-electron chi connectivity index (χ4n) is 1.52. The summed E-state index contributed by atoms with van der Waals surface area (Å²) in [4.78, 5) is 4.16. The molecule has 1 aliphatic rings. The van der Waals surface area contributed by atoms with Crippen molar-refractivity contribution in [3.05, 3.63) is 55.0 Å². The second-order valence-electron chi connectivity index (χ2n) is 4.01. The average molecular weight is 344 g/mol. The summed E-state index contributed by atoms with van der Waals surface area (Å²) in [6.45, 7) is 8.50. The maximum absolute atomic E-state index is 4.45. The van der Waals surface area contributed by atoms with Gasteiger partial charge in [0.15, 0.2) is 0 Å². The molecule has 96 valence electrons. The number of hydrogen-bond acceptors (Lipinski definition) is 2. The summed E-state index contributed by atoms with van der Waals surface area (Å²) in [6.07, 6.45) is 4.13. The molecule has 0 spiro atoms. The number of nitrogens with zero attached hydrogens (tertiary/aromatic N) is 2. The van der Waals surface area contributed by atoms with Gasteiger partial charge in [-0.25, -0.2) is 0 Å². The second-order valence-corrected chi connectivity index (χ2v) is 4.01. The van der Waals surface area contributed by atoms with Gasteiger partial charge in [-0.2, -0.15) is 0 Å². The van der Waals surface area contributed by atoms with Crippen LogP contribution in [0.4, 0.5) is 0 Å². The Morgan fingerprint density at radius 1 is 1.18 bits per heavy atom. The first-order chi connectivity index (χ1) is 8.25. The van der Waals surface area contributed by atoms with Gasteiger partial charge < -0.3 is 9.80 Å². The Labute approximate surface area is 120 Å². The first-order valence-corrected chi connectivity index (χ1v) is 7.31. The van der Waals surface area contributed by atoms with Gasteiger partial charge in [0.2, 0.25) is 6.67 Å². The number of hydrogen-bond donors (Lipinski definition) is 0. The number of benzene rings is 1. The quantitative estimate of drug-likeness (QED) is 0.777. The summed E-state index contributed by atoms with van der Waals surface area (Å²) >= 11 is 2.42. The van der Waals surface area contributed by atoms with Gasteiger partial charge in [0.25, 0.3) is 0 Å². The zero-order chi connectivity index (χ0) is 12.7. The van der Waals surface area contributed by atoms with Crippen LogP contribution in [-0.2, 0) is 26.5 Å². The van der Waals surface area contributed by atoms with Crippen LogP contribution in [-0.4, -0.2) is 15.8 Å². The van der Waals surface area contributed by atoms with E-state index >= 15 is 0 Å². The van der Waals surface area contributed by atoms with Crippen LogP contribution in [0.2, 0.25) is 0 Å². The summed E-state index contributed by atoms with van der Waals surface area (Å²) in [5.74, 6) is 0. The molecule has 2 rings (SSSR count). The van der Waals surface area contributed by atoms with Crippen LogP contribution in [0.5, 0.6) is 0 Å². The molecule has 0 saturated heterocycles. The molecular weight excluding hydrogens is 327 g/mol. The normalized spacial score (nSPS) is 14.0. The molecule has 0 unspecified atom stereocenters. The molecule has 0 amide bonds. The first-order valence-electron chi connectivity index (χ1n) is 5.40. The minimum atomic E-state index is 0.474. The molecule has 0 aliphatic carbocycles. The Morgan fingerprint density at radius 2 is 1.82 bits per heavy atom. The number of rotatable bonds is 3. The van der Waals surface area contributed by atoms with Crippen LogP contribution in [0.15, 0.2) is 42.7 Å². The maximum atomic E-state index is 4.45. The molecule has 17 heavy (non-hydrogen) atoms. The molecule has 1 aromatic carbocycles. The standard InChI is InChI=1S/C13H16N2.Ag.ClH/c1-12(2)15-9-8-14(11-15)10-13-6-4-3-5-7-13;;/h3-9,12H,10H2,1-2H3;;1H/q;+1;/p-1. The molecular formula is C13H16AgClN2. The summed E-state index contributed by atoms with van der Waals surface area (Å²) in [5, 5.41) is 0. The Kier molecular flexibility index (Phi) is 6.75. The molecule has 4 heteroatoms. The van der Waals surface area contributed by atoms with E-state index in [4.69, 9.17) is 0 Å². The van der Waals surface area contributed by atoms with E-state index in [1.165, 1.54) is 5.56 Å². The third-order valence-electron chi connectivity index (χ3n) is 2.40. The molecule has 0 fully saturated rings. The van der Waals surface area contributed by atoms with Crippen molar-refractivity contribution < 1.29 is 20.0 Å². The van der Waals surface area contributed by atoms with Gasteiger partial charge in [0.1, 0.15) is 0 Å². The van der Waals surface area contributed by atoms with E-state index in [0.29, 0.717) is 6.04 Å². The molecule has 0 bridgehead atoms. The van der Waals surface area contributed by atoms with Crippen molar-refractivity contribution in [1.82, 2.24) is 9.80 Å². The molecule has 2 nitrogen and oxygen atoms in total. The van der Waals surface area contributed by atoms with Crippen LogP contribution >= 0.6 is 9.19 Å². The summed E-state index contributed by atoms with van der Waals surface area (Å²) in [7, 11) is 4.45. The van der Waals surface area contributed by atoms with E-state index in [9.17, 15) is 0 Å². The van der Waals surface area contributed by atoms with Crippen LogP contribution < -0.4 is 0 Å². The van der Waals surface area contributed by atoms with E-state index in [0.717, 1.165) is 6.54 Å². The molecule has 1 aliphatic heterocycles. The zero-order valence-corrected chi connectivity index (χ0v) is 12.1. The van der Waals surface area contributed by atoms with Gasteiger partial charge in [0.05, 0.1) is 0 Å². The van der Waals surface area contributed by atoms with Gasteiger partial charge in [0, 0.05) is 25.0 Å². The Hall–Kier alpha value is -0.410.